The molecule has 8 heteroatoms. The van der Waals surface area contributed by atoms with Gasteiger partial charge in [-0.05, 0) is 41.9 Å². The number of aryl methyl sites for hydroxylation is 1. The van der Waals surface area contributed by atoms with Gasteiger partial charge in [0.05, 0.1) is 28.5 Å². The van der Waals surface area contributed by atoms with Gasteiger partial charge in [0.25, 0.3) is 5.91 Å². The molecule has 1 atom stereocenters. The van der Waals surface area contributed by atoms with Crippen LogP contribution in [-0.2, 0) is 19.4 Å². The molecule has 0 fully saturated rings. The highest BCUT2D eigenvalue weighted by atomic mass is 35.5. The number of nitrogens with one attached hydrogen (secondary N) is 1. The predicted octanol–water partition coefficient (Wildman–Crippen LogP) is 5.63. The Balaban J connectivity index is 1.46. The highest BCUT2D eigenvalue weighted by Gasteiger charge is 2.34. The summed E-state index contributed by atoms with van der Waals surface area (Å²) in [5.74, 6) is 1.05. The normalized spacial score (nSPS) is 16.4. The molecule has 1 aromatic carbocycles. The summed E-state index contributed by atoms with van der Waals surface area (Å²) in [5.41, 5.74) is 3.04. The average molecular weight is 447 g/mol. The molecule has 3 aromatic rings. The number of amides is 1. The van der Waals surface area contributed by atoms with Gasteiger partial charge >= 0.3 is 0 Å². The summed E-state index contributed by atoms with van der Waals surface area (Å²) in [7, 11) is 0. The summed E-state index contributed by atoms with van der Waals surface area (Å²) >= 11 is 12.0. The summed E-state index contributed by atoms with van der Waals surface area (Å²) in [6.45, 7) is 7.22. The zero-order valence-electron chi connectivity index (χ0n) is 17.2. The number of hydrogen-bond donors (Lipinski definition) is 1. The highest BCUT2D eigenvalue weighted by Crippen LogP contribution is 2.38. The van der Waals surface area contributed by atoms with Gasteiger partial charge in [0, 0.05) is 18.2 Å². The molecule has 1 unspecified atom stereocenters. The summed E-state index contributed by atoms with van der Waals surface area (Å²) in [6.07, 6.45) is 6.06. The van der Waals surface area contributed by atoms with Crippen molar-refractivity contribution >= 4 is 34.8 Å². The highest BCUT2D eigenvalue weighted by molar-refractivity contribution is 6.42. The van der Waals surface area contributed by atoms with E-state index in [4.69, 9.17) is 27.7 Å². The van der Waals surface area contributed by atoms with Crippen LogP contribution in [-0.4, -0.2) is 20.8 Å². The molecule has 30 heavy (non-hydrogen) atoms. The van der Waals surface area contributed by atoms with Crippen LogP contribution in [0.15, 0.2) is 35.1 Å². The van der Waals surface area contributed by atoms with Crippen LogP contribution in [0.3, 0.4) is 0 Å². The average Bonchev–Trinajstić information content (AvgIpc) is 3.30. The van der Waals surface area contributed by atoms with Crippen LogP contribution >= 0.6 is 23.2 Å². The van der Waals surface area contributed by atoms with Crippen LogP contribution in [0.25, 0.3) is 0 Å². The third-order valence-electron chi connectivity index (χ3n) is 5.70. The molecule has 6 nitrogen and oxygen atoms in total. The number of rotatable bonds is 4. The lowest BCUT2D eigenvalue weighted by molar-refractivity contribution is 0.101. The van der Waals surface area contributed by atoms with Crippen molar-refractivity contribution in [3.63, 3.8) is 0 Å². The van der Waals surface area contributed by atoms with Crippen LogP contribution in [0.1, 0.15) is 54.6 Å². The van der Waals surface area contributed by atoms with E-state index in [1.165, 1.54) is 0 Å². The quantitative estimate of drug-likeness (QED) is 0.563. The molecular weight excluding hydrogens is 423 g/mol. The topological polar surface area (TPSA) is 73.0 Å². The number of nitrogens with zero attached hydrogens (tertiary/aromatic N) is 3. The molecule has 1 aliphatic rings. The second kappa shape index (κ2) is 8.08. The molecular formula is C22H24Cl2N4O2. The number of aromatic nitrogens is 3. The van der Waals surface area contributed by atoms with E-state index in [1.54, 1.807) is 29.2 Å². The molecule has 0 saturated carbocycles. The Morgan fingerprint density at radius 1 is 1.30 bits per heavy atom. The fourth-order valence-corrected chi connectivity index (χ4v) is 4.17. The van der Waals surface area contributed by atoms with Crippen LogP contribution in [0, 0.1) is 11.3 Å². The number of hydrogen-bond acceptors (Lipinski definition) is 4. The van der Waals surface area contributed by atoms with E-state index in [0.717, 1.165) is 36.1 Å². The zero-order chi connectivity index (χ0) is 21.5. The minimum atomic E-state index is -0.274. The molecule has 0 aliphatic heterocycles. The number of halogens is 2. The Kier molecular flexibility index (Phi) is 5.64. The SMILES string of the molecule is CC(C)(C)C1CCc2onc(C(=O)Nc3cnn(Cc4ccc(Cl)c(Cl)c4)c3)c2C1. The third-order valence-corrected chi connectivity index (χ3v) is 6.44. The fraction of sp³-hybridized carbons (Fsp3) is 0.409. The van der Waals surface area contributed by atoms with Crippen molar-refractivity contribution in [2.24, 2.45) is 11.3 Å². The van der Waals surface area contributed by atoms with Gasteiger partial charge in [0.15, 0.2) is 5.69 Å². The summed E-state index contributed by atoms with van der Waals surface area (Å²) in [5, 5.41) is 12.3. The predicted molar refractivity (Wildman–Crippen MR) is 117 cm³/mol. The zero-order valence-corrected chi connectivity index (χ0v) is 18.7. The first kappa shape index (κ1) is 20.9. The Labute approximate surface area is 185 Å². The molecule has 1 aliphatic carbocycles. The van der Waals surface area contributed by atoms with E-state index in [2.05, 4.69) is 36.3 Å². The largest absolute Gasteiger partial charge is 0.360 e. The van der Waals surface area contributed by atoms with Crippen LogP contribution in [0.5, 0.6) is 0 Å². The first-order valence-corrected chi connectivity index (χ1v) is 10.7. The monoisotopic (exact) mass is 446 g/mol. The maximum Gasteiger partial charge on any atom is 0.278 e. The van der Waals surface area contributed by atoms with Crippen molar-refractivity contribution in [1.82, 2.24) is 14.9 Å². The van der Waals surface area contributed by atoms with Gasteiger partial charge < -0.3 is 9.84 Å². The number of anilines is 1. The molecule has 0 spiro atoms. The number of benzene rings is 1. The Bertz CT molecular complexity index is 1080. The van der Waals surface area contributed by atoms with E-state index < -0.39 is 0 Å². The van der Waals surface area contributed by atoms with Crippen LogP contribution < -0.4 is 5.32 Å². The molecule has 158 valence electrons. The van der Waals surface area contributed by atoms with Gasteiger partial charge in [-0.25, -0.2) is 0 Å². The lowest BCUT2D eigenvalue weighted by Crippen LogP contribution is -2.27. The van der Waals surface area contributed by atoms with Gasteiger partial charge in [-0.15, -0.1) is 0 Å². The second-order valence-corrected chi connectivity index (χ2v) is 9.68. The van der Waals surface area contributed by atoms with E-state index >= 15 is 0 Å². The van der Waals surface area contributed by atoms with Gasteiger partial charge in [0.2, 0.25) is 0 Å². The summed E-state index contributed by atoms with van der Waals surface area (Å²) in [4.78, 5) is 12.9. The summed E-state index contributed by atoms with van der Waals surface area (Å²) in [6, 6.07) is 5.45. The van der Waals surface area contributed by atoms with Crippen molar-refractivity contribution in [2.45, 2.75) is 46.6 Å². The minimum absolute atomic E-state index is 0.175. The molecule has 1 amide bonds. The lowest BCUT2D eigenvalue weighted by Gasteiger charge is -2.33. The molecule has 0 bridgehead atoms. The van der Waals surface area contributed by atoms with Gasteiger partial charge in [-0.2, -0.15) is 5.10 Å². The first-order chi connectivity index (χ1) is 14.2. The standard InChI is InChI=1S/C22H24Cl2N4O2/c1-22(2,3)14-5-7-19-16(9-14)20(27-30-19)21(29)26-15-10-25-28(12-15)11-13-4-6-17(23)18(24)8-13/h4,6,8,10,12,14H,5,7,9,11H2,1-3H3,(H,26,29). The van der Waals surface area contributed by atoms with Crippen LogP contribution in [0.4, 0.5) is 5.69 Å². The van der Waals surface area contributed by atoms with Crippen molar-refractivity contribution in [2.75, 3.05) is 5.32 Å². The molecule has 1 N–H and O–H groups in total. The molecule has 2 heterocycles. The molecule has 4 rings (SSSR count). The van der Waals surface area contributed by atoms with Crippen molar-refractivity contribution in [3.8, 4) is 0 Å². The number of carbonyl (C=O) groups is 1. The molecule has 0 saturated heterocycles. The third kappa shape index (κ3) is 4.40. The van der Waals surface area contributed by atoms with E-state index in [-0.39, 0.29) is 11.3 Å². The van der Waals surface area contributed by atoms with E-state index in [1.807, 2.05) is 6.07 Å². The molecule has 0 radical (unpaired) electrons. The van der Waals surface area contributed by atoms with Crippen molar-refractivity contribution in [3.05, 3.63) is 63.2 Å². The van der Waals surface area contributed by atoms with Gasteiger partial charge in [-0.3, -0.25) is 9.48 Å². The maximum absolute atomic E-state index is 12.9. The minimum Gasteiger partial charge on any atom is -0.360 e. The van der Waals surface area contributed by atoms with Crippen molar-refractivity contribution < 1.29 is 9.32 Å². The van der Waals surface area contributed by atoms with Crippen LogP contribution in [0.2, 0.25) is 10.0 Å². The Morgan fingerprint density at radius 2 is 2.10 bits per heavy atom. The lowest BCUT2D eigenvalue weighted by atomic mass is 9.71. The van der Waals surface area contributed by atoms with E-state index in [0.29, 0.717) is 33.9 Å². The van der Waals surface area contributed by atoms with E-state index in [9.17, 15) is 4.79 Å². The Hall–Kier alpha value is -2.31. The number of fused-ring (bicyclic) bond motifs is 1. The van der Waals surface area contributed by atoms with Gasteiger partial charge in [0.1, 0.15) is 5.76 Å². The van der Waals surface area contributed by atoms with Crippen molar-refractivity contribution in [1.29, 1.82) is 0 Å². The fourth-order valence-electron chi connectivity index (χ4n) is 3.85. The summed E-state index contributed by atoms with van der Waals surface area (Å²) < 4.78 is 7.18. The number of carbonyl (C=O) groups excluding carboxylic acids is 1. The maximum atomic E-state index is 12.9. The first-order valence-electron chi connectivity index (χ1n) is 9.96. The Morgan fingerprint density at radius 3 is 2.83 bits per heavy atom. The smallest absolute Gasteiger partial charge is 0.278 e. The second-order valence-electron chi connectivity index (χ2n) is 8.87. The molecule has 2 aromatic heterocycles. The van der Waals surface area contributed by atoms with Gasteiger partial charge in [-0.1, -0.05) is 55.2 Å².